The quantitative estimate of drug-likeness (QED) is 0.719. The standard InChI is InChI=1S/C19H14Cl2N2O2/c20-12-6-7-16(15(21)9-12)22-19(25)14-10-23-8-2-4-11-3-1-5-13(17(11)23)18(14)24/h1,3,5-7,9-10H,2,4,8H2,(H,22,25). The van der Waals surface area contributed by atoms with Gasteiger partial charge in [-0.3, -0.25) is 9.59 Å². The van der Waals surface area contributed by atoms with E-state index in [1.165, 1.54) is 0 Å². The molecule has 4 rings (SSSR count). The summed E-state index contributed by atoms with van der Waals surface area (Å²) in [6.45, 7) is 0.787. The number of aryl methyl sites for hydroxylation is 2. The van der Waals surface area contributed by atoms with Crippen LogP contribution < -0.4 is 10.7 Å². The third-order valence-corrected chi connectivity index (χ3v) is 5.00. The molecule has 0 aliphatic carbocycles. The van der Waals surface area contributed by atoms with Gasteiger partial charge in [0.05, 0.1) is 16.2 Å². The van der Waals surface area contributed by atoms with Crippen LogP contribution >= 0.6 is 23.2 Å². The van der Waals surface area contributed by atoms with Gasteiger partial charge >= 0.3 is 0 Å². The molecule has 6 heteroatoms. The summed E-state index contributed by atoms with van der Waals surface area (Å²) >= 11 is 12.0. The van der Waals surface area contributed by atoms with Gasteiger partial charge in [-0.05, 0) is 42.7 Å². The molecule has 1 amide bonds. The van der Waals surface area contributed by atoms with Crippen molar-refractivity contribution in [1.29, 1.82) is 0 Å². The third-order valence-electron chi connectivity index (χ3n) is 4.45. The molecule has 1 aromatic heterocycles. The molecule has 4 nitrogen and oxygen atoms in total. The molecule has 1 N–H and O–H groups in total. The van der Waals surface area contributed by atoms with Crippen LogP contribution in [0.4, 0.5) is 5.69 Å². The number of carbonyl (C=O) groups is 1. The van der Waals surface area contributed by atoms with Crippen molar-refractivity contribution in [2.75, 3.05) is 5.32 Å². The molecule has 0 fully saturated rings. The third kappa shape index (κ3) is 2.81. The number of benzene rings is 2. The van der Waals surface area contributed by atoms with E-state index in [-0.39, 0.29) is 11.0 Å². The number of para-hydroxylation sites is 1. The van der Waals surface area contributed by atoms with E-state index in [1.807, 2.05) is 16.7 Å². The van der Waals surface area contributed by atoms with Gasteiger partial charge in [-0.1, -0.05) is 35.3 Å². The number of nitrogens with zero attached hydrogens (tertiary/aromatic N) is 1. The average Bonchev–Trinajstić information content (AvgIpc) is 2.60. The summed E-state index contributed by atoms with van der Waals surface area (Å²) in [6, 6.07) is 10.5. The SMILES string of the molecule is O=C(Nc1ccc(Cl)cc1Cl)c1cn2c3c(cccc3c1=O)CCC2. The Morgan fingerprint density at radius 2 is 2.00 bits per heavy atom. The van der Waals surface area contributed by atoms with Crippen molar-refractivity contribution in [3.63, 3.8) is 0 Å². The number of halogens is 2. The zero-order chi connectivity index (χ0) is 17.6. The Labute approximate surface area is 154 Å². The second kappa shape index (κ2) is 6.21. The van der Waals surface area contributed by atoms with E-state index < -0.39 is 5.91 Å². The lowest BCUT2D eigenvalue weighted by atomic mass is 10.00. The van der Waals surface area contributed by atoms with E-state index in [0.29, 0.717) is 21.1 Å². The van der Waals surface area contributed by atoms with Crippen LogP contribution in [0.2, 0.25) is 10.0 Å². The molecule has 0 atom stereocenters. The van der Waals surface area contributed by atoms with Gasteiger partial charge < -0.3 is 9.88 Å². The van der Waals surface area contributed by atoms with Crippen LogP contribution in [0.15, 0.2) is 47.4 Å². The zero-order valence-electron chi connectivity index (χ0n) is 13.2. The van der Waals surface area contributed by atoms with Crippen molar-refractivity contribution in [3.8, 4) is 0 Å². The lowest BCUT2D eigenvalue weighted by Crippen LogP contribution is -2.25. The predicted octanol–water partition coefficient (Wildman–Crippen LogP) is 4.51. The Morgan fingerprint density at radius 1 is 1.16 bits per heavy atom. The van der Waals surface area contributed by atoms with E-state index in [1.54, 1.807) is 30.5 Å². The van der Waals surface area contributed by atoms with Gasteiger partial charge in [0, 0.05) is 23.2 Å². The van der Waals surface area contributed by atoms with Crippen LogP contribution in [0, 0.1) is 0 Å². The Hall–Kier alpha value is -2.30. The van der Waals surface area contributed by atoms with E-state index in [0.717, 1.165) is 30.5 Å². The fourth-order valence-corrected chi connectivity index (χ4v) is 3.75. The summed E-state index contributed by atoms with van der Waals surface area (Å²) in [4.78, 5) is 25.5. The molecule has 0 unspecified atom stereocenters. The van der Waals surface area contributed by atoms with Crippen LogP contribution in [0.5, 0.6) is 0 Å². The topological polar surface area (TPSA) is 51.1 Å². The molecule has 2 heterocycles. The molecule has 25 heavy (non-hydrogen) atoms. The van der Waals surface area contributed by atoms with Gasteiger partial charge in [0.25, 0.3) is 5.91 Å². The maximum Gasteiger partial charge on any atom is 0.261 e. The first-order valence-corrected chi connectivity index (χ1v) is 8.71. The summed E-state index contributed by atoms with van der Waals surface area (Å²) in [5, 5.41) is 4.08. The van der Waals surface area contributed by atoms with Crippen molar-refractivity contribution in [2.45, 2.75) is 19.4 Å². The van der Waals surface area contributed by atoms with Crippen molar-refractivity contribution in [2.24, 2.45) is 0 Å². The van der Waals surface area contributed by atoms with Crippen molar-refractivity contribution >= 4 is 45.7 Å². The summed E-state index contributed by atoms with van der Waals surface area (Å²) in [5.41, 5.74) is 2.34. The molecule has 0 radical (unpaired) electrons. The zero-order valence-corrected chi connectivity index (χ0v) is 14.7. The first-order chi connectivity index (χ1) is 12.0. The first kappa shape index (κ1) is 16.2. The number of amides is 1. The molecule has 2 aromatic carbocycles. The highest BCUT2D eigenvalue weighted by atomic mass is 35.5. The number of rotatable bonds is 2. The van der Waals surface area contributed by atoms with E-state index >= 15 is 0 Å². The Bertz CT molecular complexity index is 1070. The van der Waals surface area contributed by atoms with Crippen LogP contribution in [0.1, 0.15) is 22.3 Å². The molecule has 0 spiro atoms. The van der Waals surface area contributed by atoms with Gasteiger partial charge in [0.15, 0.2) is 0 Å². The Morgan fingerprint density at radius 3 is 2.80 bits per heavy atom. The number of carbonyl (C=O) groups excluding carboxylic acids is 1. The van der Waals surface area contributed by atoms with Gasteiger partial charge in [-0.15, -0.1) is 0 Å². The monoisotopic (exact) mass is 372 g/mol. The minimum absolute atomic E-state index is 0.109. The molecule has 0 bridgehead atoms. The van der Waals surface area contributed by atoms with E-state index in [4.69, 9.17) is 23.2 Å². The summed E-state index contributed by atoms with van der Waals surface area (Å²) in [7, 11) is 0. The van der Waals surface area contributed by atoms with Gasteiger partial charge in [-0.2, -0.15) is 0 Å². The molecule has 1 aliphatic heterocycles. The van der Waals surface area contributed by atoms with Crippen LogP contribution in [-0.2, 0) is 13.0 Å². The highest BCUT2D eigenvalue weighted by Gasteiger charge is 2.20. The molecule has 3 aromatic rings. The van der Waals surface area contributed by atoms with Crippen LogP contribution in [0.3, 0.4) is 0 Å². The number of pyridine rings is 1. The average molecular weight is 373 g/mol. The van der Waals surface area contributed by atoms with Crippen LogP contribution in [-0.4, -0.2) is 10.5 Å². The molecule has 0 saturated heterocycles. The number of anilines is 1. The highest BCUT2D eigenvalue weighted by Crippen LogP contribution is 2.27. The molecule has 1 aliphatic rings. The number of nitrogens with one attached hydrogen (secondary N) is 1. The smallest absolute Gasteiger partial charge is 0.261 e. The maximum absolute atomic E-state index is 12.8. The summed E-state index contributed by atoms with van der Waals surface area (Å²) < 4.78 is 1.99. The number of hydrogen-bond donors (Lipinski definition) is 1. The van der Waals surface area contributed by atoms with Gasteiger partial charge in [-0.25, -0.2) is 0 Å². The van der Waals surface area contributed by atoms with E-state index in [2.05, 4.69) is 5.32 Å². The summed E-state index contributed by atoms with van der Waals surface area (Å²) in [6.07, 6.45) is 3.58. The predicted molar refractivity (Wildman–Crippen MR) is 101 cm³/mol. The largest absolute Gasteiger partial charge is 0.346 e. The lowest BCUT2D eigenvalue weighted by Gasteiger charge is -2.20. The second-order valence-corrected chi connectivity index (χ2v) is 6.90. The summed E-state index contributed by atoms with van der Waals surface area (Å²) in [5.74, 6) is -0.476. The minimum Gasteiger partial charge on any atom is -0.346 e. The number of hydrogen-bond acceptors (Lipinski definition) is 2. The fraction of sp³-hybridized carbons (Fsp3) is 0.158. The molecule has 126 valence electrons. The molecular weight excluding hydrogens is 359 g/mol. The molecular formula is C19H14Cl2N2O2. The van der Waals surface area contributed by atoms with Gasteiger partial charge in [0.1, 0.15) is 5.56 Å². The first-order valence-electron chi connectivity index (χ1n) is 7.96. The van der Waals surface area contributed by atoms with Gasteiger partial charge in [0.2, 0.25) is 5.43 Å². The highest BCUT2D eigenvalue weighted by molar-refractivity contribution is 6.36. The van der Waals surface area contributed by atoms with Crippen molar-refractivity contribution in [3.05, 3.63) is 74.0 Å². The van der Waals surface area contributed by atoms with E-state index in [9.17, 15) is 9.59 Å². The lowest BCUT2D eigenvalue weighted by molar-refractivity contribution is 0.102. The Kier molecular flexibility index (Phi) is 4.02. The normalized spacial score (nSPS) is 13.0. The van der Waals surface area contributed by atoms with Crippen molar-refractivity contribution < 1.29 is 4.79 Å². The minimum atomic E-state index is -0.476. The second-order valence-electron chi connectivity index (χ2n) is 6.06. The molecule has 0 saturated carbocycles. The van der Waals surface area contributed by atoms with Crippen LogP contribution in [0.25, 0.3) is 10.9 Å². The number of aromatic nitrogens is 1. The Balaban J connectivity index is 1.80. The van der Waals surface area contributed by atoms with Crippen molar-refractivity contribution in [1.82, 2.24) is 4.57 Å². The maximum atomic E-state index is 12.8. The fourth-order valence-electron chi connectivity index (χ4n) is 3.30.